The summed E-state index contributed by atoms with van der Waals surface area (Å²) >= 11 is 7.12. The van der Waals surface area contributed by atoms with Crippen molar-refractivity contribution in [3.63, 3.8) is 0 Å². The zero-order valence-corrected chi connectivity index (χ0v) is 10.3. The Morgan fingerprint density at radius 3 is 2.88 bits per heavy atom. The molecule has 3 N–H and O–H groups in total. The highest BCUT2D eigenvalue weighted by Gasteiger charge is 2.14. The average Bonchev–Trinajstić information content (AvgIpc) is 2.67. The summed E-state index contributed by atoms with van der Waals surface area (Å²) < 4.78 is 0. The minimum Gasteiger partial charge on any atom is -0.384 e. The summed E-state index contributed by atoms with van der Waals surface area (Å²) in [6, 6.07) is 3.04. The molecular weight excluding hydrogens is 262 g/mol. The van der Waals surface area contributed by atoms with Crippen LogP contribution in [-0.2, 0) is 0 Å². The summed E-state index contributed by atoms with van der Waals surface area (Å²) in [5, 5.41) is 11.5. The van der Waals surface area contributed by atoms with Gasteiger partial charge in [-0.3, -0.25) is 10.1 Å². The molecule has 0 spiro atoms. The number of rotatable bonds is 2. The van der Waals surface area contributed by atoms with Crippen molar-refractivity contribution in [1.82, 2.24) is 15.2 Å². The van der Waals surface area contributed by atoms with E-state index < -0.39 is 5.91 Å². The maximum Gasteiger partial charge on any atom is 0.277 e. The number of amides is 1. The third-order valence-electron chi connectivity index (χ3n) is 1.83. The van der Waals surface area contributed by atoms with Gasteiger partial charge in [0.1, 0.15) is 16.5 Å². The molecule has 0 fully saturated rings. The van der Waals surface area contributed by atoms with Crippen LogP contribution in [0.1, 0.15) is 15.5 Å². The van der Waals surface area contributed by atoms with Gasteiger partial charge >= 0.3 is 0 Å². The van der Waals surface area contributed by atoms with Gasteiger partial charge in [0.25, 0.3) is 5.91 Å². The predicted molar refractivity (Wildman–Crippen MR) is 66.3 cm³/mol. The van der Waals surface area contributed by atoms with Crippen LogP contribution in [0, 0.1) is 6.92 Å². The number of nitrogens with zero attached hydrogens (tertiary/aromatic N) is 3. The van der Waals surface area contributed by atoms with E-state index in [9.17, 15) is 4.79 Å². The summed E-state index contributed by atoms with van der Waals surface area (Å²) in [5.41, 5.74) is 5.56. The van der Waals surface area contributed by atoms with E-state index in [4.69, 9.17) is 17.3 Å². The molecule has 8 heteroatoms. The van der Waals surface area contributed by atoms with Crippen LogP contribution in [0.15, 0.2) is 12.1 Å². The number of aryl methyl sites for hydroxylation is 1. The topological polar surface area (TPSA) is 93.8 Å². The van der Waals surface area contributed by atoms with Gasteiger partial charge in [0.05, 0.1) is 5.02 Å². The second-order valence-electron chi connectivity index (χ2n) is 3.15. The quantitative estimate of drug-likeness (QED) is 0.866. The summed E-state index contributed by atoms with van der Waals surface area (Å²) in [6.45, 7) is 1.79. The van der Waals surface area contributed by atoms with Gasteiger partial charge in [-0.05, 0) is 19.1 Å². The van der Waals surface area contributed by atoms with Crippen molar-refractivity contribution in [2.75, 3.05) is 11.1 Å². The molecule has 0 unspecified atom stereocenters. The fraction of sp³-hybridized carbons (Fsp3) is 0.111. The van der Waals surface area contributed by atoms with Gasteiger partial charge in [-0.1, -0.05) is 22.9 Å². The van der Waals surface area contributed by atoms with Crippen LogP contribution in [0.25, 0.3) is 0 Å². The van der Waals surface area contributed by atoms with E-state index >= 15 is 0 Å². The molecule has 6 nitrogen and oxygen atoms in total. The maximum absolute atomic E-state index is 11.8. The zero-order valence-electron chi connectivity index (χ0n) is 8.77. The normalized spacial score (nSPS) is 10.2. The van der Waals surface area contributed by atoms with Gasteiger partial charge in [-0.15, -0.1) is 10.2 Å². The number of aromatic nitrogens is 3. The molecule has 0 atom stereocenters. The van der Waals surface area contributed by atoms with Crippen LogP contribution >= 0.6 is 22.9 Å². The SMILES string of the molecule is Cc1nnc(NC(=O)c2nc(N)ccc2Cl)s1. The number of nitrogen functional groups attached to an aromatic ring is 1. The first-order valence-electron chi connectivity index (χ1n) is 4.60. The summed E-state index contributed by atoms with van der Waals surface area (Å²) in [4.78, 5) is 15.7. The fourth-order valence-electron chi connectivity index (χ4n) is 1.12. The Morgan fingerprint density at radius 1 is 1.47 bits per heavy atom. The number of anilines is 2. The number of pyridine rings is 1. The van der Waals surface area contributed by atoms with Crippen LogP contribution in [0.4, 0.5) is 10.9 Å². The number of carbonyl (C=O) groups is 1. The van der Waals surface area contributed by atoms with E-state index in [1.54, 1.807) is 6.92 Å². The second kappa shape index (κ2) is 4.64. The average molecular weight is 270 g/mol. The fourth-order valence-corrected chi connectivity index (χ4v) is 1.90. The Balaban J connectivity index is 2.22. The van der Waals surface area contributed by atoms with Crippen LogP contribution in [0.3, 0.4) is 0 Å². The van der Waals surface area contributed by atoms with E-state index in [0.29, 0.717) is 5.13 Å². The van der Waals surface area contributed by atoms with E-state index in [1.165, 1.54) is 23.5 Å². The van der Waals surface area contributed by atoms with Gasteiger partial charge in [0.15, 0.2) is 0 Å². The van der Waals surface area contributed by atoms with Crippen molar-refractivity contribution < 1.29 is 4.79 Å². The molecule has 1 amide bonds. The Bertz CT molecular complexity index is 570. The van der Waals surface area contributed by atoms with Gasteiger partial charge < -0.3 is 5.73 Å². The smallest absolute Gasteiger partial charge is 0.277 e. The molecule has 2 rings (SSSR count). The molecule has 0 saturated heterocycles. The number of nitrogens with two attached hydrogens (primary N) is 1. The lowest BCUT2D eigenvalue weighted by Gasteiger charge is -2.03. The molecule has 17 heavy (non-hydrogen) atoms. The second-order valence-corrected chi connectivity index (χ2v) is 4.74. The Hall–Kier alpha value is -1.73. The minimum atomic E-state index is -0.460. The molecule has 0 radical (unpaired) electrons. The van der Waals surface area contributed by atoms with E-state index in [2.05, 4.69) is 20.5 Å². The molecule has 0 saturated carbocycles. The molecule has 0 bridgehead atoms. The van der Waals surface area contributed by atoms with Crippen molar-refractivity contribution >= 4 is 39.8 Å². The monoisotopic (exact) mass is 269 g/mol. The van der Waals surface area contributed by atoms with Crippen LogP contribution in [-0.4, -0.2) is 21.1 Å². The minimum absolute atomic E-state index is 0.0690. The highest BCUT2D eigenvalue weighted by atomic mass is 35.5. The largest absolute Gasteiger partial charge is 0.384 e. The zero-order chi connectivity index (χ0) is 12.4. The number of nitrogens with one attached hydrogen (secondary N) is 1. The maximum atomic E-state index is 11.8. The summed E-state index contributed by atoms with van der Waals surface area (Å²) in [5.74, 6) is -0.230. The molecular formula is C9H8ClN5OS. The van der Waals surface area contributed by atoms with Crippen LogP contribution < -0.4 is 11.1 Å². The Labute approximate surface area is 106 Å². The number of halogens is 1. The van der Waals surface area contributed by atoms with Crippen molar-refractivity contribution in [3.05, 3.63) is 27.9 Å². The number of carbonyl (C=O) groups excluding carboxylic acids is 1. The van der Waals surface area contributed by atoms with Crippen molar-refractivity contribution in [3.8, 4) is 0 Å². The van der Waals surface area contributed by atoms with Crippen molar-refractivity contribution in [2.24, 2.45) is 0 Å². The first-order valence-corrected chi connectivity index (χ1v) is 5.79. The van der Waals surface area contributed by atoms with Crippen LogP contribution in [0.2, 0.25) is 5.02 Å². The molecule has 88 valence electrons. The highest BCUT2D eigenvalue weighted by molar-refractivity contribution is 7.15. The Kier molecular flexibility index (Phi) is 3.21. The first-order chi connectivity index (χ1) is 8.06. The van der Waals surface area contributed by atoms with Gasteiger partial charge in [0.2, 0.25) is 5.13 Å². The van der Waals surface area contributed by atoms with Crippen LogP contribution in [0.5, 0.6) is 0 Å². The Morgan fingerprint density at radius 2 is 2.24 bits per heavy atom. The molecule has 2 aromatic heterocycles. The van der Waals surface area contributed by atoms with Gasteiger partial charge in [0, 0.05) is 0 Å². The molecule has 0 aliphatic rings. The molecule has 0 aliphatic heterocycles. The lowest BCUT2D eigenvalue weighted by molar-refractivity contribution is 0.102. The molecule has 2 heterocycles. The summed E-state index contributed by atoms with van der Waals surface area (Å²) in [7, 11) is 0. The third kappa shape index (κ3) is 2.69. The third-order valence-corrected chi connectivity index (χ3v) is 2.89. The molecule has 2 aromatic rings. The number of hydrogen-bond acceptors (Lipinski definition) is 6. The van der Waals surface area contributed by atoms with Gasteiger partial charge in [-0.25, -0.2) is 4.98 Å². The molecule has 0 aliphatic carbocycles. The predicted octanol–water partition coefficient (Wildman–Crippen LogP) is 1.73. The van der Waals surface area contributed by atoms with E-state index in [0.717, 1.165) is 5.01 Å². The summed E-state index contributed by atoms with van der Waals surface area (Å²) in [6.07, 6.45) is 0. The van der Waals surface area contributed by atoms with E-state index in [1.807, 2.05) is 0 Å². The lowest BCUT2D eigenvalue weighted by Crippen LogP contribution is -2.15. The van der Waals surface area contributed by atoms with Crippen molar-refractivity contribution in [2.45, 2.75) is 6.92 Å². The van der Waals surface area contributed by atoms with E-state index in [-0.39, 0.29) is 16.5 Å². The van der Waals surface area contributed by atoms with Gasteiger partial charge in [-0.2, -0.15) is 0 Å². The lowest BCUT2D eigenvalue weighted by atomic mass is 10.3. The first kappa shape index (κ1) is 11.7. The molecule has 0 aromatic carbocycles. The van der Waals surface area contributed by atoms with Crippen molar-refractivity contribution in [1.29, 1.82) is 0 Å². The highest BCUT2D eigenvalue weighted by Crippen LogP contribution is 2.19. The standard InChI is InChI=1S/C9H8ClN5OS/c1-4-14-15-9(17-4)13-8(16)7-5(10)2-3-6(11)12-7/h2-3H,1H3,(H2,11,12)(H,13,15,16). The number of hydrogen-bond donors (Lipinski definition) is 2.